The zero-order valence-corrected chi connectivity index (χ0v) is 14.5. The van der Waals surface area contributed by atoms with Crippen molar-refractivity contribution < 1.29 is 21.7 Å². The monoisotopic (exact) mass is 297 g/mol. The van der Waals surface area contributed by atoms with Crippen LogP contribution in [0.2, 0.25) is 0 Å². The Bertz CT molecular complexity index is 191. The van der Waals surface area contributed by atoms with E-state index in [1.807, 2.05) is 12.2 Å². The molecule has 1 aliphatic rings. The van der Waals surface area contributed by atoms with E-state index in [4.69, 9.17) is 0 Å². The molecule has 108 valence electrons. The maximum Gasteiger partial charge on any atom is 2.00 e. The van der Waals surface area contributed by atoms with Crippen LogP contribution >= 0.6 is 0 Å². The predicted molar refractivity (Wildman–Crippen MR) is 82.4 cm³/mol. The van der Waals surface area contributed by atoms with Gasteiger partial charge in [-0.1, -0.05) is 39.5 Å². The number of hydrogen-bond acceptors (Lipinski definition) is 1. The Balaban J connectivity index is 0. The standard InChI is InChI=1S/C12H26N.C5H5.Ti/c1-4-7-9-11-13(6-3)12-10-8-5-2;1-2-4-5-3-1;/h3-12H2,1-2H3;1-3H,4H2;/q2*-1;+2. The third kappa shape index (κ3) is 16.1. The molecular formula is C17H31NTi. The molecule has 0 aromatic rings. The molecule has 0 aromatic carbocycles. The van der Waals surface area contributed by atoms with Gasteiger partial charge >= 0.3 is 21.7 Å². The smallest absolute Gasteiger partial charge is 0.333 e. The maximum atomic E-state index is 3.97. The van der Waals surface area contributed by atoms with Crippen LogP contribution in [0.1, 0.15) is 58.8 Å². The molecule has 0 fully saturated rings. The van der Waals surface area contributed by atoms with Gasteiger partial charge in [0.15, 0.2) is 0 Å². The third-order valence-corrected chi connectivity index (χ3v) is 3.06. The van der Waals surface area contributed by atoms with Gasteiger partial charge in [-0.15, -0.1) is 13.0 Å². The van der Waals surface area contributed by atoms with Crippen LogP contribution in [-0.2, 0) is 21.7 Å². The van der Waals surface area contributed by atoms with Crippen molar-refractivity contribution in [1.82, 2.24) is 4.90 Å². The fourth-order valence-corrected chi connectivity index (χ4v) is 1.85. The minimum atomic E-state index is 0. The Morgan fingerprint density at radius 3 is 1.89 bits per heavy atom. The van der Waals surface area contributed by atoms with Crippen molar-refractivity contribution in [3.63, 3.8) is 0 Å². The minimum Gasteiger partial charge on any atom is -0.333 e. The Morgan fingerprint density at radius 2 is 1.63 bits per heavy atom. The summed E-state index contributed by atoms with van der Waals surface area (Å²) in [6, 6.07) is 0. The van der Waals surface area contributed by atoms with E-state index in [9.17, 15) is 0 Å². The summed E-state index contributed by atoms with van der Waals surface area (Å²) in [5, 5.41) is 0. The van der Waals surface area contributed by atoms with E-state index in [0.29, 0.717) is 0 Å². The van der Waals surface area contributed by atoms with E-state index in [-0.39, 0.29) is 21.7 Å². The molecule has 0 amide bonds. The molecule has 0 heterocycles. The Kier molecular flexibility index (Phi) is 20.5. The molecule has 0 bridgehead atoms. The number of allylic oxidation sites excluding steroid dienone is 4. The SMILES string of the molecule is [C-]1=CC=CC1.[CH2-]CN(CCCCC)CCCCC.[Ti+2]. The van der Waals surface area contributed by atoms with Crippen molar-refractivity contribution in [1.29, 1.82) is 0 Å². The summed E-state index contributed by atoms with van der Waals surface area (Å²) >= 11 is 0. The van der Waals surface area contributed by atoms with Gasteiger partial charge in [0.2, 0.25) is 0 Å². The molecule has 0 unspecified atom stereocenters. The fourth-order valence-electron chi connectivity index (χ4n) is 1.85. The second kappa shape index (κ2) is 18.2. The normalized spacial score (nSPS) is 12.2. The molecule has 1 rings (SSSR count). The van der Waals surface area contributed by atoms with Gasteiger partial charge < -0.3 is 11.8 Å². The summed E-state index contributed by atoms with van der Waals surface area (Å²) < 4.78 is 0. The molecule has 1 nitrogen and oxygen atoms in total. The van der Waals surface area contributed by atoms with Gasteiger partial charge in [0.25, 0.3) is 0 Å². The number of rotatable bonds is 9. The molecule has 19 heavy (non-hydrogen) atoms. The Morgan fingerprint density at radius 1 is 1.05 bits per heavy atom. The van der Waals surface area contributed by atoms with Crippen molar-refractivity contribution in [2.45, 2.75) is 58.8 Å². The van der Waals surface area contributed by atoms with Crippen molar-refractivity contribution in [3.8, 4) is 0 Å². The molecule has 0 saturated carbocycles. The van der Waals surface area contributed by atoms with Crippen LogP contribution in [0.3, 0.4) is 0 Å². The summed E-state index contributed by atoms with van der Waals surface area (Å²) in [6.07, 6.45) is 18.1. The average molecular weight is 297 g/mol. The molecule has 0 spiro atoms. The van der Waals surface area contributed by atoms with Crippen LogP contribution in [0, 0.1) is 13.0 Å². The van der Waals surface area contributed by atoms with E-state index in [1.54, 1.807) is 0 Å². The van der Waals surface area contributed by atoms with Crippen LogP contribution in [0.4, 0.5) is 0 Å². The number of nitrogens with zero attached hydrogens (tertiary/aromatic N) is 1. The molecule has 1 aliphatic carbocycles. The summed E-state index contributed by atoms with van der Waals surface area (Å²) in [6.45, 7) is 12.0. The van der Waals surface area contributed by atoms with Crippen molar-refractivity contribution >= 4 is 0 Å². The molecular weight excluding hydrogens is 266 g/mol. The Labute approximate surface area is 136 Å². The zero-order chi connectivity index (χ0) is 13.5. The summed E-state index contributed by atoms with van der Waals surface area (Å²) in [5.41, 5.74) is 0. The number of hydrogen-bond donors (Lipinski definition) is 0. The Hall–Kier alpha value is 0.154. The maximum absolute atomic E-state index is 3.97. The van der Waals surface area contributed by atoms with E-state index >= 15 is 0 Å². The van der Waals surface area contributed by atoms with Crippen LogP contribution in [0.25, 0.3) is 0 Å². The molecule has 0 N–H and O–H groups in total. The molecule has 0 aromatic heterocycles. The molecule has 0 radical (unpaired) electrons. The van der Waals surface area contributed by atoms with E-state index < -0.39 is 0 Å². The number of unbranched alkanes of at least 4 members (excludes halogenated alkanes) is 4. The van der Waals surface area contributed by atoms with Crippen molar-refractivity contribution in [2.24, 2.45) is 0 Å². The first-order valence-electron chi connectivity index (χ1n) is 7.58. The van der Waals surface area contributed by atoms with Crippen molar-refractivity contribution in [2.75, 3.05) is 19.6 Å². The molecule has 0 saturated heterocycles. The molecule has 2 heteroatoms. The zero-order valence-electron chi connectivity index (χ0n) is 13.0. The van der Waals surface area contributed by atoms with Gasteiger partial charge in [0.1, 0.15) is 0 Å². The predicted octanol–water partition coefficient (Wildman–Crippen LogP) is 4.81. The fraction of sp³-hybridized carbons (Fsp3) is 0.706. The van der Waals surface area contributed by atoms with Gasteiger partial charge in [0, 0.05) is 0 Å². The average Bonchev–Trinajstić information content (AvgIpc) is 2.96. The summed E-state index contributed by atoms with van der Waals surface area (Å²) in [4.78, 5) is 2.48. The van der Waals surface area contributed by atoms with Crippen molar-refractivity contribution in [3.05, 3.63) is 31.2 Å². The van der Waals surface area contributed by atoms with Crippen LogP contribution < -0.4 is 0 Å². The molecule has 0 atom stereocenters. The van der Waals surface area contributed by atoms with Gasteiger partial charge in [-0.05, 0) is 25.9 Å². The van der Waals surface area contributed by atoms with Crippen LogP contribution in [-0.4, -0.2) is 24.5 Å². The first kappa shape index (κ1) is 21.5. The second-order valence-electron chi connectivity index (χ2n) is 4.76. The van der Waals surface area contributed by atoms with Gasteiger partial charge in [-0.25, -0.2) is 12.2 Å². The quantitative estimate of drug-likeness (QED) is 0.335. The van der Waals surface area contributed by atoms with Crippen LogP contribution in [0.5, 0.6) is 0 Å². The topological polar surface area (TPSA) is 3.24 Å². The first-order chi connectivity index (χ1) is 8.85. The van der Waals surface area contributed by atoms with Crippen LogP contribution in [0.15, 0.2) is 18.2 Å². The summed E-state index contributed by atoms with van der Waals surface area (Å²) in [7, 11) is 0. The first-order valence-corrected chi connectivity index (χ1v) is 7.58. The van der Waals surface area contributed by atoms with E-state index in [1.165, 1.54) is 51.6 Å². The minimum absolute atomic E-state index is 0. The second-order valence-corrected chi connectivity index (χ2v) is 4.76. The van der Waals surface area contributed by atoms with E-state index in [0.717, 1.165) is 13.0 Å². The largest absolute Gasteiger partial charge is 2.00 e. The van der Waals surface area contributed by atoms with Gasteiger partial charge in [-0.3, -0.25) is 6.08 Å². The van der Waals surface area contributed by atoms with Gasteiger partial charge in [0.05, 0.1) is 0 Å². The summed E-state index contributed by atoms with van der Waals surface area (Å²) in [5.74, 6) is 0. The van der Waals surface area contributed by atoms with Gasteiger partial charge in [-0.2, -0.15) is 6.08 Å². The molecule has 0 aliphatic heterocycles. The van der Waals surface area contributed by atoms with E-state index in [2.05, 4.69) is 37.8 Å². The third-order valence-electron chi connectivity index (χ3n) is 3.06.